The summed E-state index contributed by atoms with van der Waals surface area (Å²) in [4.78, 5) is 33.0. The van der Waals surface area contributed by atoms with Gasteiger partial charge in [-0.2, -0.15) is 0 Å². The average Bonchev–Trinajstić information content (AvgIpc) is 2.25. The molecule has 98 valence electrons. The molecule has 7 heteroatoms. The number of amides is 2. The molecule has 0 fully saturated rings. The third-order valence-corrected chi connectivity index (χ3v) is 2.44. The molecular formula is C10H19N3O4. The van der Waals surface area contributed by atoms with E-state index in [9.17, 15) is 14.4 Å². The molecule has 0 saturated heterocycles. The predicted molar refractivity (Wildman–Crippen MR) is 60.8 cm³/mol. The van der Waals surface area contributed by atoms with E-state index >= 15 is 0 Å². The third-order valence-electron chi connectivity index (χ3n) is 2.44. The third kappa shape index (κ3) is 5.86. The average molecular weight is 245 g/mol. The van der Waals surface area contributed by atoms with E-state index in [2.05, 4.69) is 5.32 Å². The summed E-state index contributed by atoms with van der Waals surface area (Å²) in [5.74, 6) is -2.61. The molecule has 0 spiro atoms. The molecule has 0 radical (unpaired) electrons. The minimum absolute atomic E-state index is 0.0165. The fourth-order valence-corrected chi connectivity index (χ4v) is 1.29. The van der Waals surface area contributed by atoms with Gasteiger partial charge < -0.3 is 21.9 Å². The van der Waals surface area contributed by atoms with Crippen molar-refractivity contribution in [3.05, 3.63) is 0 Å². The standard InChI is InChI=1S/C10H19N3O4/c1-2-6(5-11)9(15)13-7(10(16)17)3-4-8(12)14/h6-7H,2-5,11H2,1H3,(H2,12,14)(H,13,15)(H,16,17)/t6?,7-/m0/s1. The van der Waals surface area contributed by atoms with Crippen LogP contribution in [-0.4, -0.2) is 35.5 Å². The van der Waals surface area contributed by atoms with E-state index in [1.807, 2.05) is 0 Å². The van der Waals surface area contributed by atoms with Crippen LogP contribution in [0.1, 0.15) is 26.2 Å². The Hall–Kier alpha value is -1.63. The number of primary amides is 1. The van der Waals surface area contributed by atoms with Crippen LogP contribution in [-0.2, 0) is 14.4 Å². The van der Waals surface area contributed by atoms with Crippen molar-refractivity contribution >= 4 is 17.8 Å². The molecular weight excluding hydrogens is 226 g/mol. The van der Waals surface area contributed by atoms with E-state index < -0.39 is 29.7 Å². The highest BCUT2D eigenvalue weighted by atomic mass is 16.4. The lowest BCUT2D eigenvalue weighted by molar-refractivity contribution is -0.142. The zero-order chi connectivity index (χ0) is 13.4. The highest BCUT2D eigenvalue weighted by molar-refractivity contribution is 5.85. The van der Waals surface area contributed by atoms with Crippen molar-refractivity contribution in [1.29, 1.82) is 0 Å². The molecule has 2 atom stereocenters. The van der Waals surface area contributed by atoms with Crippen molar-refractivity contribution in [3.8, 4) is 0 Å². The van der Waals surface area contributed by atoms with Gasteiger partial charge in [0.15, 0.2) is 0 Å². The number of hydrogen-bond donors (Lipinski definition) is 4. The Morgan fingerprint density at radius 2 is 1.94 bits per heavy atom. The van der Waals surface area contributed by atoms with Crippen LogP contribution in [0, 0.1) is 5.92 Å². The Morgan fingerprint density at radius 1 is 1.35 bits per heavy atom. The maximum atomic E-state index is 11.6. The number of aliphatic carboxylic acids is 1. The topological polar surface area (TPSA) is 136 Å². The number of carboxylic acids is 1. The van der Waals surface area contributed by atoms with Crippen LogP contribution in [0.15, 0.2) is 0 Å². The van der Waals surface area contributed by atoms with Crippen LogP contribution >= 0.6 is 0 Å². The fourth-order valence-electron chi connectivity index (χ4n) is 1.29. The van der Waals surface area contributed by atoms with Gasteiger partial charge in [-0.1, -0.05) is 6.92 Å². The largest absolute Gasteiger partial charge is 0.480 e. The summed E-state index contributed by atoms with van der Waals surface area (Å²) >= 11 is 0. The number of nitrogens with two attached hydrogens (primary N) is 2. The van der Waals surface area contributed by atoms with Crippen LogP contribution in [0.25, 0.3) is 0 Å². The normalized spacial score (nSPS) is 13.8. The van der Waals surface area contributed by atoms with Crippen LogP contribution in [0.5, 0.6) is 0 Å². The van der Waals surface area contributed by atoms with E-state index in [1.165, 1.54) is 0 Å². The Bertz CT molecular complexity index is 289. The molecule has 1 unspecified atom stereocenters. The Labute approximate surface area is 99.5 Å². The smallest absolute Gasteiger partial charge is 0.326 e. The molecule has 0 bridgehead atoms. The van der Waals surface area contributed by atoms with E-state index in [0.29, 0.717) is 6.42 Å². The summed E-state index contributed by atoms with van der Waals surface area (Å²) in [7, 11) is 0. The van der Waals surface area contributed by atoms with Crippen LogP contribution < -0.4 is 16.8 Å². The minimum Gasteiger partial charge on any atom is -0.480 e. The molecule has 0 heterocycles. The van der Waals surface area contributed by atoms with Gasteiger partial charge in [0.2, 0.25) is 11.8 Å². The van der Waals surface area contributed by atoms with Gasteiger partial charge in [0.1, 0.15) is 6.04 Å². The second-order valence-electron chi connectivity index (χ2n) is 3.75. The summed E-state index contributed by atoms with van der Waals surface area (Å²) in [5, 5.41) is 11.2. The molecule has 17 heavy (non-hydrogen) atoms. The van der Waals surface area contributed by atoms with Gasteiger partial charge in [0, 0.05) is 18.9 Å². The molecule has 7 nitrogen and oxygen atoms in total. The van der Waals surface area contributed by atoms with Gasteiger partial charge in [0.05, 0.1) is 0 Å². The minimum atomic E-state index is -1.19. The zero-order valence-corrected chi connectivity index (χ0v) is 9.81. The van der Waals surface area contributed by atoms with E-state index in [1.54, 1.807) is 6.92 Å². The molecule has 0 aromatic carbocycles. The highest BCUT2D eigenvalue weighted by Gasteiger charge is 2.23. The first-order valence-electron chi connectivity index (χ1n) is 5.43. The van der Waals surface area contributed by atoms with Crippen LogP contribution in [0.4, 0.5) is 0 Å². The van der Waals surface area contributed by atoms with Crippen molar-refractivity contribution in [3.63, 3.8) is 0 Å². The molecule has 0 aromatic heterocycles. The molecule has 0 aliphatic heterocycles. The van der Waals surface area contributed by atoms with Gasteiger partial charge in [-0.15, -0.1) is 0 Å². The van der Waals surface area contributed by atoms with Crippen molar-refractivity contribution in [2.75, 3.05) is 6.54 Å². The SMILES string of the molecule is CCC(CN)C(=O)N[C@@H](CCC(N)=O)C(=O)O. The molecule has 0 aromatic rings. The van der Waals surface area contributed by atoms with Crippen molar-refractivity contribution < 1.29 is 19.5 Å². The van der Waals surface area contributed by atoms with Gasteiger partial charge in [-0.05, 0) is 12.8 Å². The number of hydrogen-bond acceptors (Lipinski definition) is 4. The summed E-state index contributed by atoms with van der Waals surface area (Å²) in [6.07, 6.45) is 0.429. The first-order valence-corrected chi connectivity index (χ1v) is 5.43. The first-order chi connectivity index (χ1) is 7.92. The second kappa shape index (κ2) is 7.61. The number of carbonyl (C=O) groups is 3. The summed E-state index contributed by atoms with van der Waals surface area (Å²) in [5.41, 5.74) is 10.3. The predicted octanol–water partition coefficient (Wildman–Crippen LogP) is -1.19. The van der Waals surface area contributed by atoms with Crippen LogP contribution in [0.2, 0.25) is 0 Å². The molecule has 2 amide bonds. The monoisotopic (exact) mass is 245 g/mol. The molecule has 0 rings (SSSR count). The molecule has 0 saturated carbocycles. The van der Waals surface area contributed by atoms with Crippen molar-refractivity contribution in [2.24, 2.45) is 17.4 Å². The zero-order valence-electron chi connectivity index (χ0n) is 9.81. The van der Waals surface area contributed by atoms with Gasteiger partial charge >= 0.3 is 5.97 Å². The summed E-state index contributed by atoms with van der Waals surface area (Å²) < 4.78 is 0. The lowest BCUT2D eigenvalue weighted by atomic mass is 10.0. The van der Waals surface area contributed by atoms with Crippen molar-refractivity contribution in [2.45, 2.75) is 32.2 Å². The Morgan fingerprint density at radius 3 is 2.29 bits per heavy atom. The van der Waals surface area contributed by atoms with Gasteiger partial charge in [0.25, 0.3) is 0 Å². The number of carbonyl (C=O) groups excluding carboxylic acids is 2. The number of rotatable bonds is 8. The molecule has 6 N–H and O–H groups in total. The Kier molecular flexibility index (Phi) is 6.88. The van der Waals surface area contributed by atoms with E-state index in [-0.39, 0.29) is 19.4 Å². The van der Waals surface area contributed by atoms with E-state index in [0.717, 1.165) is 0 Å². The molecule has 0 aliphatic carbocycles. The highest BCUT2D eigenvalue weighted by Crippen LogP contribution is 2.03. The van der Waals surface area contributed by atoms with Gasteiger partial charge in [-0.25, -0.2) is 4.79 Å². The maximum absolute atomic E-state index is 11.6. The summed E-state index contributed by atoms with van der Waals surface area (Å²) in [6, 6.07) is -1.10. The second-order valence-corrected chi connectivity index (χ2v) is 3.75. The fraction of sp³-hybridized carbons (Fsp3) is 0.700. The first kappa shape index (κ1) is 15.4. The quantitative estimate of drug-likeness (QED) is 0.426. The van der Waals surface area contributed by atoms with Crippen LogP contribution in [0.3, 0.4) is 0 Å². The lowest BCUT2D eigenvalue weighted by Gasteiger charge is -2.17. The maximum Gasteiger partial charge on any atom is 0.326 e. The summed E-state index contributed by atoms with van der Waals surface area (Å²) in [6.45, 7) is 1.95. The number of carboxylic acid groups (broad SMARTS) is 1. The molecule has 0 aliphatic rings. The van der Waals surface area contributed by atoms with E-state index in [4.69, 9.17) is 16.6 Å². The Balaban J connectivity index is 4.38. The lowest BCUT2D eigenvalue weighted by Crippen LogP contribution is -2.45. The van der Waals surface area contributed by atoms with Gasteiger partial charge in [-0.3, -0.25) is 9.59 Å². The number of nitrogens with one attached hydrogen (secondary N) is 1. The van der Waals surface area contributed by atoms with Crippen molar-refractivity contribution in [1.82, 2.24) is 5.32 Å².